The lowest BCUT2D eigenvalue weighted by Gasteiger charge is -2.34. The lowest BCUT2D eigenvalue weighted by Crippen LogP contribution is -2.50. The molecule has 0 spiro atoms. The van der Waals surface area contributed by atoms with E-state index in [2.05, 4.69) is 29.6 Å². The van der Waals surface area contributed by atoms with E-state index in [1.54, 1.807) is 0 Å². The van der Waals surface area contributed by atoms with Crippen LogP contribution in [0.2, 0.25) is 0 Å². The van der Waals surface area contributed by atoms with Gasteiger partial charge in [-0.15, -0.1) is 0 Å². The summed E-state index contributed by atoms with van der Waals surface area (Å²) in [5.41, 5.74) is 4.60. The fourth-order valence-electron chi connectivity index (χ4n) is 5.91. The Balaban J connectivity index is 1.25. The molecule has 0 aromatic heterocycles. The number of rotatable bonds is 9. The highest BCUT2D eigenvalue weighted by Gasteiger charge is 2.44. The number of fused-ring (bicyclic) bond motifs is 3. The second kappa shape index (κ2) is 11.1. The summed E-state index contributed by atoms with van der Waals surface area (Å²) in [5, 5.41) is 12.3. The molecule has 7 heteroatoms. The maximum Gasteiger partial charge on any atom is 0.407 e. The summed E-state index contributed by atoms with van der Waals surface area (Å²) in [6.45, 7) is 0.131. The minimum Gasteiger partial charge on any atom is -0.480 e. The van der Waals surface area contributed by atoms with Gasteiger partial charge in [-0.25, -0.2) is 4.79 Å². The molecule has 0 unspecified atom stereocenters. The Hall–Kier alpha value is -4.13. The minimum absolute atomic E-state index is 0.0489. The average molecular weight is 513 g/mol. The van der Waals surface area contributed by atoms with Crippen LogP contribution >= 0.6 is 0 Å². The van der Waals surface area contributed by atoms with Gasteiger partial charge in [0.2, 0.25) is 5.91 Å². The number of nitrogens with one attached hydrogen (secondary N) is 1. The summed E-state index contributed by atoms with van der Waals surface area (Å²) >= 11 is 0. The van der Waals surface area contributed by atoms with Crippen LogP contribution in [0.5, 0.6) is 0 Å². The van der Waals surface area contributed by atoms with E-state index in [9.17, 15) is 19.5 Å². The highest BCUT2D eigenvalue weighted by atomic mass is 16.5. The van der Waals surface area contributed by atoms with E-state index < -0.39 is 17.5 Å². The molecule has 0 atom stereocenters. The van der Waals surface area contributed by atoms with Gasteiger partial charge in [-0.05, 0) is 40.7 Å². The molecule has 2 aliphatic carbocycles. The molecule has 2 amide bonds. The van der Waals surface area contributed by atoms with Crippen molar-refractivity contribution < 1.29 is 24.2 Å². The van der Waals surface area contributed by atoms with Crippen molar-refractivity contribution in [1.82, 2.24) is 10.2 Å². The van der Waals surface area contributed by atoms with Crippen molar-refractivity contribution in [2.75, 3.05) is 19.7 Å². The van der Waals surface area contributed by atoms with Crippen LogP contribution in [0.4, 0.5) is 4.79 Å². The van der Waals surface area contributed by atoms with Crippen LogP contribution in [0.15, 0.2) is 78.9 Å². The molecule has 0 aliphatic heterocycles. The fraction of sp³-hybridized carbons (Fsp3) is 0.323. The zero-order chi connectivity index (χ0) is 26.5. The first-order chi connectivity index (χ1) is 18.5. The third kappa shape index (κ3) is 5.28. The first-order valence-corrected chi connectivity index (χ1v) is 13.1. The number of amides is 2. The second-order valence-corrected chi connectivity index (χ2v) is 10.2. The van der Waals surface area contributed by atoms with Crippen molar-refractivity contribution in [3.05, 3.63) is 95.6 Å². The Morgan fingerprint density at radius 2 is 1.45 bits per heavy atom. The molecule has 196 valence electrons. The van der Waals surface area contributed by atoms with Crippen LogP contribution in [0, 0.1) is 5.41 Å². The molecule has 0 radical (unpaired) electrons. The van der Waals surface area contributed by atoms with Crippen molar-refractivity contribution in [2.45, 2.75) is 38.1 Å². The molecule has 0 bridgehead atoms. The summed E-state index contributed by atoms with van der Waals surface area (Å²) in [6.07, 6.45) is 2.33. The standard InChI is InChI=1S/C31H32N2O5/c34-28(35)19-33(18-22-10-2-1-3-11-22)29(36)31(16-8-9-17-31)21-32-30(37)38-20-27-25-14-6-4-12-23(25)24-13-5-7-15-26(24)27/h1-7,10-15,27H,8-9,16-21H2,(H,32,37)(H,34,35). The molecule has 5 rings (SSSR count). The average Bonchev–Trinajstić information content (AvgIpc) is 3.54. The van der Waals surface area contributed by atoms with Gasteiger partial charge in [0.05, 0.1) is 5.41 Å². The lowest BCUT2D eigenvalue weighted by atomic mass is 9.84. The van der Waals surface area contributed by atoms with Crippen molar-refractivity contribution in [1.29, 1.82) is 0 Å². The third-order valence-corrected chi connectivity index (χ3v) is 7.76. The van der Waals surface area contributed by atoms with Gasteiger partial charge in [-0.2, -0.15) is 0 Å². The fourth-order valence-corrected chi connectivity index (χ4v) is 5.91. The molecular formula is C31H32N2O5. The number of benzene rings is 3. The molecule has 7 nitrogen and oxygen atoms in total. The van der Waals surface area contributed by atoms with Crippen LogP contribution < -0.4 is 5.32 Å². The number of carboxylic acids is 1. The van der Waals surface area contributed by atoms with Crippen LogP contribution in [-0.4, -0.2) is 47.7 Å². The summed E-state index contributed by atoms with van der Waals surface area (Å²) < 4.78 is 5.68. The molecule has 2 aliphatic rings. The highest BCUT2D eigenvalue weighted by Crippen LogP contribution is 2.44. The van der Waals surface area contributed by atoms with Crippen LogP contribution in [-0.2, 0) is 20.9 Å². The minimum atomic E-state index is -1.06. The topological polar surface area (TPSA) is 95.9 Å². The number of aliphatic carboxylic acids is 1. The van der Waals surface area contributed by atoms with Gasteiger partial charge in [0, 0.05) is 19.0 Å². The Bertz CT molecular complexity index is 1270. The quantitative estimate of drug-likeness (QED) is 0.411. The van der Waals surface area contributed by atoms with Crippen LogP contribution in [0.3, 0.4) is 0 Å². The van der Waals surface area contributed by atoms with Crippen LogP contribution in [0.25, 0.3) is 11.1 Å². The van der Waals surface area contributed by atoms with E-state index in [0.717, 1.165) is 40.7 Å². The molecule has 0 saturated heterocycles. The van der Waals surface area contributed by atoms with Gasteiger partial charge in [0.15, 0.2) is 0 Å². The van der Waals surface area contributed by atoms with E-state index in [1.165, 1.54) is 4.90 Å². The van der Waals surface area contributed by atoms with Crippen LogP contribution in [0.1, 0.15) is 48.3 Å². The molecule has 1 fully saturated rings. The van der Waals surface area contributed by atoms with Crippen molar-refractivity contribution in [3.63, 3.8) is 0 Å². The first kappa shape index (κ1) is 25.5. The number of hydrogen-bond acceptors (Lipinski definition) is 4. The highest BCUT2D eigenvalue weighted by molar-refractivity contribution is 5.87. The van der Waals surface area contributed by atoms with Crippen molar-refractivity contribution in [2.24, 2.45) is 5.41 Å². The number of carboxylic acid groups (broad SMARTS) is 1. The number of carbonyl (C=O) groups excluding carboxylic acids is 2. The Morgan fingerprint density at radius 1 is 0.868 bits per heavy atom. The predicted molar refractivity (Wildman–Crippen MR) is 143 cm³/mol. The van der Waals surface area contributed by atoms with E-state index >= 15 is 0 Å². The second-order valence-electron chi connectivity index (χ2n) is 10.2. The molecule has 3 aromatic rings. The van der Waals surface area contributed by atoms with Gasteiger partial charge in [0.1, 0.15) is 13.2 Å². The molecular weight excluding hydrogens is 480 g/mol. The Kier molecular flexibility index (Phi) is 7.45. The monoisotopic (exact) mass is 512 g/mol. The maximum absolute atomic E-state index is 13.7. The van der Waals surface area contributed by atoms with Gasteiger partial charge >= 0.3 is 12.1 Å². The van der Waals surface area contributed by atoms with Gasteiger partial charge < -0.3 is 20.1 Å². The zero-order valence-electron chi connectivity index (χ0n) is 21.3. The smallest absolute Gasteiger partial charge is 0.407 e. The number of hydrogen-bond donors (Lipinski definition) is 2. The third-order valence-electron chi connectivity index (χ3n) is 7.76. The zero-order valence-corrected chi connectivity index (χ0v) is 21.3. The number of alkyl carbamates (subject to hydrolysis) is 1. The maximum atomic E-state index is 13.7. The Morgan fingerprint density at radius 3 is 2.05 bits per heavy atom. The first-order valence-electron chi connectivity index (χ1n) is 13.1. The molecule has 0 heterocycles. The SMILES string of the molecule is O=C(O)CN(Cc1ccccc1)C(=O)C1(CNC(=O)OCC2c3ccccc3-c3ccccc32)CCCC1. The molecule has 3 aromatic carbocycles. The molecule has 1 saturated carbocycles. The summed E-state index contributed by atoms with van der Waals surface area (Å²) in [7, 11) is 0. The number of nitrogens with zero attached hydrogens (tertiary/aromatic N) is 1. The summed E-state index contributed by atoms with van der Waals surface area (Å²) in [4.78, 5) is 39.5. The molecule has 38 heavy (non-hydrogen) atoms. The largest absolute Gasteiger partial charge is 0.480 e. The Labute approximate surface area is 222 Å². The summed E-state index contributed by atoms with van der Waals surface area (Å²) in [6, 6.07) is 25.7. The van der Waals surface area contributed by atoms with E-state index in [-0.39, 0.29) is 38.1 Å². The summed E-state index contributed by atoms with van der Waals surface area (Å²) in [5.74, 6) is -1.35. The van der Waals surface area contributed by atoms with E-state index in [1.807, 2.05) is 54.6 Å². The van der Waals surface area contributed by atoms with Gasteiger partial charge in [0.25, 0.3) is 0 Å². The van der Waals surface area contributed by atoms with Gasteiger partial charge in [-0.3, -0.25) is 9.59 Å². The molecule has 2 N–H and O–H groups in total. The van der Waals surface area contributed by atoms with E-state index in [4.69, 9.17) is 4.74 Å². The normalized spacial score (nSPS) is 15.4. The lowest BCUT2D eigenvalue weighted by molar-refractivity contribution is -0.150. The van der Waals surface area contributed by atoms with Crippen molar-refractivity contribution in [3.8, 4) is 11.1 Å². The number of ether oxygens (including phenoxy) is 1. The number of carbonyl (C=O) groups is 3. The predicted octanol–water partition coefficient (Wildman–Crippen LogP) is 5.20. The van der Waals surface area contributed by atoms with Gasteiger partial charge in [-0.1, -0.05) is 91.7 Å². The van der Waals surface area contributed by atoms with E-state index in [0.29, 0.717) is 12.8 Å². The van der Waals surface area contributed by atoms with Crippen molar-refractivity contribution >= 4 is 18.0 Å².